The number of hydrogen-bond donors (Lipinski definition) is 2. The molecule has 1 aliphatic heterocycles. The molecule has 1 fully saturated rings. The van der Waals surface area contributed by atoms with Gasteiger partial charge in [0.15, 0.2) is 0 Å². The Bertz CT molecular complexity index is 874. The summed E-state index contributed by atoms with van der Waals surface area (Å²) in [5.41, 5.74) is 7.29. The van der Waals surface area contributed by atoms with Crippen LogP contribution in [-0.4, -0.2) is 29.8 Å². The lowest BCUT2D eigenvalue weighted by molar-refractivity contribution is -0.384. The molecule has 0 bridgehead atoms. The van der Waals surface area contributed by atoms with Crippen LogP contribution in [0.3, 0.4) is 0 Å². The molecule has 8 nitrogen and oxygen atoms in total. The van der Waals surface area contributed by atoms with E-state index in [4.69, 9.17) is 5.73 Å². The van der Waals surface area contributed by atoms with Gasteiger partial charge in [-0.1, -0.05) is 12.1 Å². The Balaban J connectivity index is 1.84. The maximum absolute atomic E-state index is 12.8. The third-order valence-electron chi connectivity index (χ3n) is 4.47. The predicted octanol–water partition coefficient (Wildman–Crippen LogP) is 2.48. The van der Waals surface area contributed by atoms with Crippen LogP contribution in [-0.2, 0) is 11.2 Å². The molecule has 27 heavy (non-hydrogen) atoms. The van der Waals surface area contributed by atoms with Crippen molar-refractivity contribution < 1.29 is 14.5 Å². The van der Waals surface area contributed by atoms with E-state index in [-0.39, 0.29) is 17.7 Å². The van der Waals surface area contributed by atoms with E-state index in [1.54, 1.807) is 30.3 Å². The van der Waals surface area contributed by atoms with Crippen molar-refractivity contribution in [3.8, 4) is 0 Å². The minimum atomic E-state index is -0.511. The first-order valence-electron chi connectivity index (χ1n) is 8.66. The average Bonchev–Trinajstić information content (AvgIpc) is 3.17. The van der Waals surface area contributed by atoms with Gasteiger partial charge in [0, 0.05) is 30.9 Å². The normalized spacial score (nSPS) is 13.4. The number of anilines is 2. The second kappa shape index (κ2) is 7.86. The van der Waals surface area contributed by atoms with Crippen molar-refractivity contribution in [1.82, 2.24) is 0 Å². The van der Waals surface area contributed by atoms with Crippen LogP contribution in [0.4, 0.5) is 17.1 Å². The number of nitro benzene ring substituents is 1. The molecule has 0 aliphatic carbocycles. The fraction of sp³-hybridized carbons (Fsp3) is 0.263. The molecule has 0 saturated carbocycles. The molecule has 1 heterocycles. The minimum absolute atomic E-state index is 0.123. The number of nitrogens with two attached hydrogens (primary N) is 1. The monoisotopic (exact) mass is 368 g/mol. The first-order valence-corrected chi connectivity index (χ1v) is 8.66. The quantitative estimate of drug-likeness (QED) is 0.600. The molecular weight excluding hydrogens is 348 g/mol. The Morgan fingerprint density at radius 3 is 2.37 bits per heavy atom. The van der Waals surface area contributed by atoms with Gasteiger partial charge in [-0.25, -0.2) is 0 Å². The summed E-state index contributed by atoms with van der Waals surface area (Å²) in [5.74, 6) is -0.845. The molecule has 1 saturated heterocycles. The predicted molar refractivity (Wildman–Crippen MR) is 102 cm³/mol. The fourth-order valence-electron chi connectivity index (χ4n) is 3.16. The summed E-state index contributed by atoms with van der Waals surface area (Å²) in [5, 5.41) is 13.9. The fourth-order valence-corrected chi connectivity index (χ4v) is 3.16. The van der Waals surface area contributed by atoms with Crippen molar-refractivity contribution >= 4 is 28.9 Å². The zero-order chi connectivity index (χ0) is 19.4. The number of nitrogens with zero attached hydrogens (tertiary/aromatic N) is 2. The lowest BCUT2D eigenvalue weighted by atomic mass is 10.1. The van der Waals surface area contributed by atoms with Crippen LogP contribution in [0.15, 0.2) is 42.5 Å². The van der Waals surface area contributed by atoms with E-state index in [2.05, 4.69) is 10.2 Å². The molecule has 2 aromatic rings. The van der Waals surface area contributed by atoms with Gasteiger partial charge in [-0.2, -0.15) is 0 Å². The van der Waals surface area contributed by atoms with E-state index in [0.29, 0.717) is 11.4 Å². The van der Waals surface area contributed by atoms with Crippen LogP contribution in [0.25, 0.3) is 0 Å². The van der Waals surface area contributed by atoms with Crippen molar-refractivity contribution in [2.24, 2.45) is 5.73 Å². The molecule has 3 rings (SSSR count). The summed E-state index contributed by atoms with van der Waals surface area (Å²) in [6.45, 7) is 1.64. The van der Waals surface area contributed by atoms with Gasteiger partial charge in [-0.3, -0.25) is 19.7 Å². The van der Waals surface area contributed by atoms with Crippen molar-refractivity contribution in [3.05, 3.63) is 63.7 Å². The molecule has 3 N–H and O–H groups in total. The Kier molecular flexibility index (Phi) is 5.35. The summed E-state index contributed by atoms with van der Waals surface area (Å²) >= 11 is 0. The second-order valence-corrected chi connectivity index (χ2v) is 6.45. The van der Waals surface area contributed by atoms with E-state index in [0.717, 1.165) is 31.5 Å². The summed E-state index contributed by atoms with van der Waals surface area (Å²) in [4.78, 5) is 36.4. The van der Waals surface area contributed by atoms with Gasteiger partial charge in [0.25, 0.3) is 11.6 Å². The molecule has 0 aromatic heterocycles. The van der Waals surface area contributed by atoms with Gasteiger partial charge in [0.1, 0.15) is 0 Å². The molecule has 1 aliphatic rings. The Labute approximate surface area is 156 Å². The molecule has 0 unspecified atom stereocenters. The van der Waals surface area contributed by atoms with Crippen LogP contribution < -0.4 is 16.0 Å². The van der Waals surface area contributed by atoms with Crippen molar-refractivity contribution in [2.75, 3.05) is 23.3 Å². The van der Waals surface area contributed by atoms with Crippen LogP contribution >= 0.6 is 0 Å². The Morgan fingerprint density at radius 1 is 1.11 bits per heavy atom. The smallest absolute Gasteiger partial charge is 0.270 e. The number of primary amides is 1. The molecule has 2 amide bonds. The molecule has 8 heteroatoms. The SMILES string of the molecule is NC(=O)Cc1ccc(NC(=O)c2cc([N+](=O)[O-])ccc2N2CCCC2)cc1. The van der Waals surface area contributed by atoms with Crippen LogP contribution in [0.5, 0.6) is 0 Å². The average molecular weight is 368 g/mol. The maximum atomic E-state index is 12.8. The number of hydrogen-bond acceptors (Lipinski definition) is 5. The minimum Gasteiger partial charge on any atom is -0.371 e. The largest absolute Gasteiger partial charge is 0.371 e. The highest BCUT2D eigenvalue weighted by Crippen LogP contribution is 2.29. The molecule has 0 spiro atoms. The van der Waals surface area contributed by atoms with Crippen LogP contribution in [0.2, 0.25) is 0 Å². The van der Waals surface area contributed by atoms with Crippen LogP contribution in [0.1, 0.15) is 28.8 Å². The van der Waals surface area contributed by atoms with Gasteiger partial charge < -0.3 is 16.0 Å². The summed E-state index contributed by atoms with van der Waals surface area (Å²) < 4.78 is 0. The third kappa shape index (κ3) is 4.41. The highest BCUT2D eigenvalue weighted by atomic mass is 16.6. The Hall–Kier alpha value is -3.42. The number of amides is 2. The maximum Gasteiger partial charge on any atom is 0.270 e. The molecule has 0 radical (unpaired) electrons. The number of carbonyl (C=O) groups is 2. The molecule has 0 atom stereocenters. The van der Waals surface area contributed by atoms with Gasteiger partial charge >= 0.3 is 0 Å². The summed E-state index contributed by atoms with van der Waals surface area (Å²) in [6, 6.07) is 11.1. The number of nitrogens with one attached hydrogen (secondary N) is 1. The number of benzene rings is 2. The summed E-state index contributed by atoms with van der Waals surface area (Å²) in [6.07, 6.45) is 2.18. The Morgan fingerprint density at radius 2 is 1.78 bits per heavy atom. The van der Waals surface area contributed by atoms with Crippen molar-refractivity contribution in [2.45, 2.75) is 19.3 Å². The van der Waals surface area contributed by atoms with E-state index in [9.17, 15) is 19.7 Å². The van der Waals surface area contributed by atoms with E-state index < -0.39 is 16.7 Å². The molecule has 2 aromatic carbocycles. The lowest BCUT2D eigenvalue weighted by Gasteiger charge is -2.21. The number of nitro groups is 1. The summed E-state index contributed by atoms with van der Waals surface area (Å²) in [7, 11) is 0. The highest BCUT2D eigenvalue weighted by molar-refractivity contribution is 6.08. The standard InChI is InChI=1S/C19H20N4O4/c20-18(24)11-13-3-5-14(6-4-13)21-19(25)16-12-15(23(26)27)7-8-17(16)22-9-1-2-10-22/h3-8,12H,1-2,9-11H2,(H2,20,24)(H,21,25). The van der Waals surface area contributed by atoms with E-state index in [1.807, 2.05) is 0 Å². The highest BCUT2D eigenvalue weighted by Gasteiger charge is 2.22. The molecular formula is C19H20N4O4. The van der Waals surface area contributed by atoms with Gasteiger partial charge in [-0.05, 0) is 36.6 Å². The third-order valence-corrected chi connectivity index (χ3v) is 4.47. The lowest BCUT2D eigenvalue weighted by Crippen LogP contribution is -2.23. The number of non-ortho nitro benzene ring substituents is 1. The van der Waals surface area contributed by atoms with E-state index >= 15 is 0 Å². The van der Waals surface area contributed by atoms with Crippen molar-refractivity contribution in [1.29, 1.82) is 0 Å². The van der Waals surface area contributed by atoms with Gasteiger partial charge in [0.05, 0.1) is 22.6 Å². The van der Waals surface area contributed by atoms with Crippen LogP contribution in [0, 0.1) is 10.1 Å². The number of carbonyl (C=O) groups excluding carboxylic acids is 2. The van der Waals surface area contributed by atoms with Crippen molar-refractivity contribution in [3.63, 3.8) is 0 Å². The second-order valence-electron chi connectivity index (χ2n) is 6.45. The zero-order valence-electron chi connectivity index (χ0n) is 14.7. The first-order chi connectivity index (χ1) is 12.9. The molecule has 140 valence electrons. The topological polar surface area (TPSA) is 119 Å². The van der Waals surface area contributed by atoms with Gasteiger partial charge in [0.2, 0.25) is 5.91 Å². The van der Waals surface area contributed by atoms with Gasteiger partial charge in [-0.15, -0.1) is 0 Å². The number of rotatable bonds is 6. The van der Waals surface area contributed by atoms with E-state index in [1.165, 1.54) is 12.1 Å². The zero-order valence-corrected chi connectivity index (χ0v) is 14.7. The first kappa shape index (κ1) is 18.4.